The average Bonchev–Trinajstić information content (AvgIpc) is 2.37. The van der Waals surface area contributed by atoms with Gasteiger partial charge in [0, 0.05) is 12.1 Å². The third-order valence-corrected chi connectivity index (χ3v) is 5.22. The van der Waals surface area contributed by atoms with Crippen molar-refractivity contribution in [2.24, 2.45) is 5.84 Å². The minimum atomic E-state index is -2.93. The van der Waals surface area contributed by atoms with E-state index in [1.807, 2.05) is 6.26 Å². The van der Waals surface area contributed by atoms with Crippen LogP contribution in [0.4, 0.5) is 11.6 Å². The average molecular weight is 303 g/mol. The summed E-state index contributed by atoms with van der Waals surface area (Å²) in [5.41, 5.74) is 2.47. The van der Waals surface area contributed by atoms with E-state index in [4.69, 9.17) is 5.84 Å². The van der Waals surface area contributed by atoms with Crippen molar-refractivity contribution in [2.75, 3.05) is 28.5 Å². The molecule has 1 atom stereocenters. The lowest BCUT2D eigenvalue weighted by Crippen LogP contribution is -2.35. The molecule has 1 fully saturated rings. The zero-order valence-corrected chi connectivity index (χ0v) is 12.2. The van der Waals surface area contributed by atoms with Crippen LogP contribution in [-0.2, 0) is 9.84 Å². The van der Waals surface area contributed by atoms with Crippen LogP contribution in [0.5, 0.6) is 0 Å². The second-order valence-corrected chi connectivity index (χ2v) is 7.37. The maximum atomic E-state index is 11.6. The van der Waals surface area contributed by atoms with Crippen LogP contribution in [0, 0.1) is 0 Å². The van der Waals surface area contributed by atoms with E-state index in [9.17, 15) is 8.42 Å². The van der Waals surface area contributed by atoms with Gasteiger partial charge in [-0.2, -0.15) is 0 Å². The molecule has 1 unspecified atom stereocenters. The highest BCUT2D eigenvalue weighted by molar-refractivity contribution is 7.98. The van der Waals surface area contributed by atoms with Crippen LogP contribution in [0.3, 0.4) is 0 Å². The standard InChI is InChI=1S/C10H17N5O2S2/c1-18-10-13-8(5-9(14-10)15-11)12-7-3-2-4-19(16,17)6-7/h5,7H,2-4,6,11H2,1H3,(H2,12,13,14,15). The lowest BCUT2D eigenvalue weighted by molar-refractivity contribution is 0.561. The Bertz CT molecular complexity index is 527. The number of nitrogens with two attached hydrogens (primary N) is 1. The molecule has 0 spiro atoms. The fraction of sp³-hybridized carbons (Fsp3) is 0.600. The Morgan fingerprint density at radius 1 is 1.42 bits per heavy atom. The monoisotopic (exact) mass is 303 g/mol. The zero-order valence-electron chi connectivity index (χ0n) is 10.6. The van der Waals surface area contributed by atoms with Gasteiger partial charge in [-0.3, -0.25) is 0 Å². The number of hydrazine groups is 1. The van der Waals surface area contributed by atoms with E-state index in [2.05, 4.69) is 20.7 Å². The van der Waals surface area contributed by atoms with Crippen LogP contribution in [0.1, 0.15) is 12.8 Å². The molecular weight excluding hydrogens is 286 g/mol. The minimum absolute atomic E-state index is 0.103. The molecule has 0 amide bonds. The molecule has 1 aliphatic rings. The molecule has 1 saturated heterocycles. The van der Waals surface area contributed by atoms with Gasteiger partial charge in [0.1, 0.15) is 11.6 Å². The SMILES string of the molecule is CSc1nc(NN)cc(NC2CCCS(=O)(=O)C2)n1. The third kappa shape index (κ3) is 3.95. The van der Waals surface area contributed by atoms with E-state index in [0.29, 0.717) is 23.2 Å². The summed E-state index contributed by atoms with van der Waals surface area (Å²) in [6.45, 7) is 0. The second-order valence-electron chi connectivity index (χ2n) is 4.37. The largest absolute Gasteiger partial charge is 0.366 e. The summed E-state index contributed by atoms with van der Waals surface area (Å²) in [5.74, 6) is 6.87. The van der Waals surface area contributed by atoms with Crippen molar-refractivity contribution in [3.8, 4) is 0 Å². The molecule has 2 heterocycles. The minimum Gasteiger partial charge on any atom is -0.366 e. The van der Waals surface area contributed by atoms with E-state index in [1.165, 1.54) is 11.8 Å². The van der Waals surface area contributed by atoms with Gasteiger partial charge in [0.15, 0.2) is 15.0 Å². The third-order valence-electron chi connectivity index (χ3n) is 2.85. The zero-order chi connectivity index (χ0) is 13.9. The summed E-state index contributed by atoms with van der Waals surface area (Å²) in [5, 5.41) is 3.73. The van der Waals surface area contributed by atoms with Gasteiger partial charge in [0.2, 0.25) is 0 Å². The molecule has 0 bridgehead atoms. The molecule has 19 heavy (non-hydrogen) atoms. The van der Waals surface area contributed by atoms with Crippen LogP contribution in [0.2, 0.25) is 0 Å². The van der Waals surface area contributed by atoms with Gasteiger partial charge in [0.05, 0.1) is 11.5 Å². The Kier molecular flexibility index (Phi) is 4.48. The number of rotatable bonds is 4. The first-order valence-electron chi connectivity index (χ1n) is 5.89. The summed E-state index contributed by atoms with van der Waals surface area (Å²) < 4.78 is 23.2. The first kappa shape index (κ1) is 14.4. The van der Waals surface area contributed by atoms with Gasteiger partial charge < -0.3 is 10.7 Å². The van der Waals surface area contributed by atoms with Gasteiger partial charge >= 0.3 is 0 Å². The Morgan fingerprint density at radius 3 is 2.79 bits per heavy atom. The topological polar surface area (TPSA) is 110 Å². The summed E-state index contributed by atoms with van der Waals surface area (Å²) in [6, 6.07) is 1.56. The van der Waals surface area contributed by atoms with E-state index in [0.717, 1.165) is 6.42 Å². The molecule has 1 aromatic heterocycles. The highest BCUT2D eigenvalue weighted by atomic mass is 32.2. The van der Waals surface area contributed by atoms with Crippen molar-refractivity contribution >= 4 is 33.2 Å². The van der Waals surface area contributed by atoms with Gasteiger partial charge in [-0.05, 0) is 19.1 Å². The molecule has 4 N–H and O–H groups in total. The van der Waals surface area contributed by atoms with Crippen molar-refractivity contribution < 1.29 is 8.42 Å². The lowest BCUT2D eigenvalue weighted by atomic mass is 10.2. The number of aromatic nitrogens is 2. The van der Waals surface area contributed by atoms with Gasteiger partial charge in [-0.15, -0.1) is 0 Å². The summed E-state index contributed by atoms with van der Waals surface area (Å²) >= 11 is 1.40. The van der Waals surface area contributed by atoms with Crippen LogP contribution in [0.25, 0.3) is 0 Å². The van der Waals surface area contributed by atoms with Crippen LogP contribution < -0.4 is 16.6 Å². The maximum absolute atomic E-state index is 11.6. The van der Waals surface area contributed by atoms with E-state index in [-0.39, 0.29) is 17.5 Å². The predicted octanol–water partition coefficient (Wildman–Crippen LogP) is 0.473. The number of thioether (sulfide) groups is 1. The Morgan fingerprint density at radius 2 is 2.16 bits per heavy atom. The normalized spacial score (nSPS) is 21.9. The van der Waals surface area contributed by atoms with Crippen LogP contribution in [0.15, 0.2) is 11.2 Å². The first-order valence-corrected chi connectivity index (χ1v) is 8.93. The van der Waals surface area contributed by atoms with Crippen molar-refractivity contribution in [3.63, 3.8) is 0 Å². The Hall–Kier alpha value is -1.06. The molecule has 106 valence electrons. The highest BCUT2D eigenvalue weighted by Gasteiger charge is 2.25. The first-order chi connectivity index (χ1) is 9.02. The molecule has 1 aliphatic heterocycles. The number of sulfone groups is 1. The van der Waals surface area contributed by atoms with Crippen molar-refractivity contribution in [3.05, 3.63) is 6.07 Å². The molecule has 0 saturated carbocycles. The fourth-order valence-corrected chi connectivity index (χ4v) is 4.03. The molecule has 9 heteroatoms. The fourth-order valence-electron chi connectivity index (χ4n) is 2.01. The molecule has 7 nitrogen and oxygen atoms in total. The van der Waals surface area contributed by atoms with Crippen molar-refractivity contribution in [1.29, 1.82) is 0 Å². The highest BCUT2D eigenvalue weighted by Crippen LogP contribution is 2.20. The van der Waals surface area contributed by atoms with Gasteiger partial charge in [-0.1, -0.05) is 11.8 Å². The summed E-state index contributed by atoms with van der Waals surface area (Å²) in [6.07, 6.45) is 3.37. The summed E-state index contributed by atoms with van der Waals surface area (Å²) in [7, 11) is -2.93. The Labute approximate surface area is 116 Å². The quantitative estimate of drug-likeness (QED) is 0.319. The molecule has 0 aliphatic carbocycles. The van der Waals surface area contributed by atoms with E-state index >= 15 is 0 Å². The number of nitrogens with one attached hydrogen (secondary N) is 2. The summed E-state index contributed by atoms with van der Waals surface area (Å²) in [4.78, 5) is 8.44. The van der Waals surface area contributed by atoms with E-state index < -0.39 is 9.84 Å². The van der Waals surface area contributed by atoms with Gasteiger partial charge in [0.25, 0.3) is 0 Å². The molecule has 1 aromatic rings. The predicted molar refractivity (Wildman–Crippen MR) is 76.9 cm³/mol. The second kappa shape index (κ2) is 5.93. The van der Waals surface area contributed by atoms with Crippen molar-refractivity contribution in [2.45, 2.75) is 24.0 Å². The number of hydrogen-bond donors (Lipinski definition) is 3. The number of nitrogen functional groups attached to an aromatic ring is 1. The van der Waals surface area contributed by atoms with Crippen LogP contribution in [-0.4, -0.2) is 42.2 Å². The maximum Gasteiger partial charge on any atom is 0.191 e. The van der Waals surface area contributed by atoms with E-state index in [1.54, 1.807) is 6.07 Å². The molecular formula is C10H17N5O2S2. The Balaban J connectivity index is 2.14. The number of nitrogens with zero attached hydrogens (tertiary/aromatic N) is 2. The number of anilines is 2. The molecule has 2 rings (SSSR count). The molecule has 0 aromatic carbocycles. The van der Waals surface area contributed by atoms with Crippen LogP contribution >= 0.6 is 11.8 Å². The molecule has 0 radical (unpaired) electrons. The van der Waals surface area contributed by atoms with Crippen molar-refractivity contribution in [1.82, 2.24) is 9.97 Å². The van der Waals surface area contributed by atoms with Gasteiger partial charge in [-0.25, -0.2) is 24.2 Å². The smallest absolute Gasteiger partial charge is 0.191 e. The lowest BCUT2D eigenvalue weighted by Gasteiger charge is -2.23. The number of hydrogen-bond acceptors (Lipinski definition) is 8.